The number of benzene rings is 2. The second kappa shape index (κ2) is 8.43. The van der Waals surface area contributed by atoms with E-state index in [4.69, 9.17) is 11.6 Å². The smallest absolute Gasteiger partial charge is 0.256 e. The Morgan fingerprint density at radius 3 is 2.50 bits per heavy atom. The highest BCUT2D eigenvalue weighted by Crippen LogP contribution is 2.23. The lowest BCUT2D eigenvalue weighted by Crippen LogP contribution is -2.26. The minimum absolute atomic E-state index is 0.294. The van der Waals surface area contributed by atoms with E-state index in [0.717, 1.165) is 6.42 Å². The van der Waals surface area contributed by atoms with Crippen LogP contribution in [0.4, 0.5) is 10.1 Å². The van der Waals surface area contributed by atoms with Gasteiger partial charge in [0.05, 0.1) is 16.8 Å². The number of halogens is 3. The van der Waals surface area contributed by atoms with Crippen molar-refractivity contribution in [1.29, 1.82) is 0 Å². The van der Waals surface area contributed by atoms with Crippen LogP contribution in [-0.4, -0.2) is 18.4 Å². The van der Waals surface area contributed by atoms with Gasteiger partial charge in [-0.15, -0.1) is 0 Å². The summed E-state index contributed by atoms with van der Waals surface area (Å²) in [5.41, 5.74) is 0.941. The first-order valence-electron chi connectivity index (χ1n) is 7.26. The van der Waals surface area contributed by atoms with Crippen LogP contribution in [0, 0.1) is 9.39 Å². The quantitative estimate of drug-likeness (QED) is 0.647. The number of amides is 2. The van der Waals surface area contributed by atoms with Crippen LogP contribution in [0.3, 0.4) is 0 Å². The fourth-order valence-corrected chi connectivity index (χ4v) is 2.91. The van der Waals surface area contributed by atoms with E-state index in [-0.39, 0.29) is 5.91 Å². The molecule has 0 aliphatic rings. The zero-order chi connectivity index (χ0) is 17.7. The van der Waals surface area contributed by atoms with E-state index in [1.54, 1.807) is 12.1 Å². The molecule has 0 aliphatic heterocycles. The van der Waals surface area contributed by atoms with E-state index in [9.17, 15) is 14.0 Å². The number of carbonyl (C=O) groups excluding carboxylic acids is 2. The largest absolute Gasteiger partial charge is 0.352 e. The Morgan fingerprint density at radius 1 is 1.12 bits per heavy atom. The van der Waals surface area contributed by atoms with E-state index in [1.165, 1.54) is 24.3 Å². The van der Waals surface area contributed by atoms with Gasteiger partial charge in [0.1, 0.15) is 5.82 Å². The molecule has 126 valence electrons. The van der Waals surface area contributed by atoms with Crippen molar-refractivity contribution in [2.45, 2.75) is 13.3 Å². The average molecular weight is 461 g/mol. The predicted molar refractivity (Wildman–Crippen MR) is 101 cm³/mol. The molecule has 0 saturated heterocycles. The molecule has 4 nitrogen and oxygen atoms in total. The van der Waals surface area contributed by atoms with Gasteiger partial charge >= 0.3 is 0 Å². The number of hydrogen-bond donors (Lipinski definition) is 2. The van der Waals surface area contributed by atoms with Crippen molar-refractivity contribution in [1.82, 2.24) is 5.32 Å². The van der Waals surface area contributed by atoms with Gasteiger partial charge < -0.3 is 10.6 Å². The summed E-state index contributed by atoms with van der Waals surface area (Å²) in [6.45, 7) is 2.48. The summed E-state index contributed by atoms with van der Waals surface area (Å²) in [5.74, 6) is -1.15. The van der Waals surface area contributed by atoms with Gasteiger partial charge in [0, 0.05) is 15.1 Å². The molecule has 0 atom stereocenters. The highest BCUT2D eigenvalue weighted by atomic mass is 127. The predicted octanol–water partition coefficient (Wildman–Crippen LogP) is 4.48. The molecule has 24 heavy (non-hydrogen) atoms. The summed E-state index contributed by atoms with van der Waals surface area (Å²) < 4.78 is 13.6. The molecular weight excluding hydrogens is 446 g/mol. The summed E-state index contributed by atoms with van der Waals surface area (Å²) in [6, 6.07) is 8.52. The van der Waals surface area contributed by atoms with Crippen molar-refractivity contribution in [3.05, 3.63) is 61.9 Å². The van der Waals surface area contributed by atoms with Crippen molar-refractivity contribution in [2.75, 3.05) is 11.9 Å². The monoisotopic (exact) mass is 460 g/mol. The van der Waals surface area contributed by atoms with Crippen LogP contribution in [-0.2, 0) is 0 Å². The number of carbonyl (C=O) groups is 2. The molecule has 2 rings (SSSR count). The average Bonchev–Trinajstić information content (AvgIpc) is 2.52. The molecule has 7 heteroatoms. The van der Waals surface area contributed by atoms with E-state index in [1.807, 2.05) is 29.5 Å². The number of nitrogens with one attached hydrogen (secondary N) is 2. The highest BCUT2D eigenvalue weighted by Gasteiger charge is 2.16. The van der Waals surface area contributed by atoms with Gasteiger partial charge in [0.2, 0.25) is 0 Å². The fourth-order valence-electron chi connectivity index (χ4n) is 2.01. The molecule has 2 aromatic rings. The third kappa shape index (κ3) is 4.67. The second-order valence-electron chi connectivity index (χ2n) is 5.02. The van der Waals surface area contributed by atoms with Crippen LogP contribution >= 0.6 is 34.2 Å². The number of rotatable bonds is 5. The van der Waals surface area contributed by atoms with Crippen molar-refractivity contribution in [2.24, 2.45) is 0 Å². The molecule has 0 saturated carbocycles. The summed E-state index contributed by atoms with van der Waals surface area (Å²) in [4.78, 5) is 24.6. The highest BCUT2D eigenvalue weighted by molar-refractivity contribution is 14.1. The summed E-state index contributed by atoms with van der Waals surface area (Å²) >= 11 is 7.86. The topological polar surface area (TPSA) is 58.2 Å². The Balaban J connectivity index is 2.29. The van der Waals surface area contributed by atoms with Gasteiger partial charge in [0.15, 0.2) is 0 Å². The van der Waals surface area contributed by atoms with Crippen LogP contribution in [0.15, 0.2) is 36.4 Å². The van der Waals surface area contributed by atoms with Crippen LogP contribution in [0.2, 0.25) is 5.02 Å². The lowest BCUT2D eigenvalue weighted by atomic mass is 10.1. The Bertz CT molecular complexity index is 783. The molecule has 0 radical (unpaired) electrons. The van der Waals surface area contributed by atoms with Gasteiger partial charge in [-0.25, -0.2) is 4.39 Å². The van der Waals surface area contributed by atoms with Crippen molar-refractivity contribution >= 4 is 51.7 Å². The molecule has 0 aromatic heterocycles. The molecule has 0 spiro atoms. The van der Waals surface area contributed by atoms with Crippen LogP contribution < -0.4 is 10.6 Å². The molecule has 0 unspecified atom stereocenters. The Kier molecular flexibility index (Phi) is 6.56. The Morgan fingerprint density at radius 2 is 1.83 bits per heavy atom. The van der Waals surface area contributed by atoms with E-state index < -0.39 is 11.7 Å². The zero-order valence-corrected chi connectivity index (χ0v) is 15.7. The van der Waals surface area contributed by atoms with Gasteiger partial charge in [-0.3, -0.25) is 9.59 Å². The molecule has 0 aliphatic carbocycles. The zero-order valence-electron chi connectivity index (χ0n) is 12.8. The summed E-state index contributed by atoms with van der Waals surface area (Å²) in [7, 11) is 0. The molecule has 0 heterocycles. The van der Waals surface area contributed by atoms with Gasteiger partial charge in [-0.05, 0) is 65.4 Å². The molecule has 0 fully saturated rings. The molecule has 2 amide bonds. The van der Waals surface area contributed by atoms with Gasteiger partial charge in [-0.1, -0.05) is 18.5 Å². The maximum absolute atomic E-state index is 13.2. The lowest BCUT2D eigenvalue weighted by Gasteiger charge is -2.12. The van der Waals surface area contributed by atoms with E-state index >= 15 is 0 Å². The standard InChI is InChI=1S/C17H15ClFIN2O2/c1-2-7-21-16(23)13-5-3-10(18)8-15(13)22-17(24)12-6-4-11(19)9-14(12)20/h3-6,8-9H,2,7H2,1H3,(H,21,23)(H,22,24). The lowest BCUT2D eigenvalue weighted by molar-refractivity contribution is 0.0954. The first kappa shape index (κ1) is 18.7. The van der Waals surface area contributed by atoms with Gasteiger partial charge in [0.25, 0.3) is 11.8 Å². The third-order valence-corrected chi connectivity index (χ3v) is 4.31. The Hall–Kier alpha value is -1.67. The first-order valence-corrected chi connectivity index (χ1v) is 8.72. The maximum Gasteiger partial charge on any atom is 0.256 e. The minimum atomic E-state index is -0.439. The van der Waals surface area contributed by atoms with Crippen molar-refractivity contribution in [3.8, 4) is 0 Å². The maximum atomic E-state index is 13.2. The van der Waals surface area contributed by atoms with Crippen molar-refractivity contribution in [3.63, 3.8) is 0 Å². The number of hydrogen-bond acceptors (Lipinski definition) is 2. The van der Waals surface area contributed by atoms with Crippen LogP contribution in [0.1, 0.15) is 34.1 Å². The van der Waals surface area contributed by atoms with Crippen LogP contribution in [0.25, 0.3) is 0 Å². The first-order chi connectivity index (χ1) is 11.4. The second-order valence-corrected chi connectivity index (χ2v) is 6.62. The normalized spacial score (nSPS) is 10.3. The summed E-state index contributed by atoms with van der Waals surface area (Å²) in [5, 5.41) is 5.82. The minimum Gasteiger partial charge on any atom is -0.352 e. The number of anilines is 1. The summed E-state index contributed by atoms with van der Waals surface area (Å²) in [6.07, 6.45) is 0.800. The molecule has 2 aromatic carbocycles. The Labute approximate surface area is 157 Å². The fraction of sp³-hybridized carbons (Fsp3) is 0.176. The van der Waals surface area contributed by atoms with Gasteiger partial charge in [-0.2, -0.15) is 0 Å². The van der Waals surface area contributed by atoms with E-state index in [2.05, 4.69) is 10.6 Å². The van der Waals surface area contributed by atoms with E-state index in [0.29, 0.717) is 32.0 Å². The SMILES string of the molecule is CCCNC(=O)c1ccc(Cl)cc1NC(=O)c1ccc(F)cc1I. The third-order valence-electron chi connectivity index (χ3n) is 3.19. The van der Waals surface area contributed by atoms with Crippen LogP contribution in [0.5, 0.6) is 0 Å². The molecule has 2 N–H and O–H groups in total. The molecular formula is C17H15ClFIN2O2. The molecule has 0 bridgehead atoms. The van der Waals surface area contributed by atoms with Crippen molar-refractivity contribution < 1.29 is 14.0 Å².